The summed E-state index contributed by atoms with van der Waals surface area (Å²) in [4.78, 5) is 0. The fraction of sp³-hybridized carbons (Fsp3) is 0. The first-order valence-corrected chi connectivity index (χ1v) is 4.28. The van der Waals surface area contributed by atoms with E-state index in [0.29, 0.717) is 6.08 Å². The summed E-state index contributed by atoms with van der Waals surface area (Å²) in [6.07, 6.45) is 0.580. The standard InChI is InChI=1S/C8H6BClF3O2.K/c10-6-1-2-7(14)5(8(6)15)3-4-9(11,12)13;/h1-4,14-15H;/q-1;+1/b4-3+;. The summed E-state index contributed by atoms with van der Waals surface area (Å²) >= 11 is 5.46. The third-order valence-corrected chi connectivity index (χ3v) is 1.93. The minimum absolute atomic E-state index is 0. The fourth-order valence-electron chi connectivity index (χ4n) is 0.940. The molecule has 0 amide bonds. The van der Waals surface area contributed by atoms with E-state index in [4.69, 9.17) is 11.6 Å². The van der Waals surface area contributed by atoms with E-state index >= 15 is 0 Å². The van der Waals surface area contributed by atoms with Crippen molar-refractivity contribution in [2.45, 2.75) is 0 Å². The van der Waals surface area contributed by atoms with Crippen LogP contribution in [0.3, 0.4) is 0 Å². The second-order valence-corrected chi connectivity index (χ2v) is 3.22. The molecule has 1 aromatic rings. The molecule has 0 bridgehead atoms. The van der Waals surface area contributed by atoms with Crippen molar-refractivity contribution in [2.24, 2.45) is 0 Å². The number of phenols is 2. The number of rotatable bonds is 2. The van der Waals surface area contributed by atoms with Crippen LogP contribution in [-0.2, 0) is 0 Å². The van der Waals surface area contributed by atoms with Gasteiger partial charge in [-0.3, -0.25) is 0 Å². The second-order valence-electron chi connectivity index (χ2n) is 2.81. The van der Waals surface area contributed by atoms with E-state index in [-0.39, 0.29) is 67.9 Å². The van der Waals surface area contributed by atoms with E-state index in [9.17, 15) is 23.2 Å². The quantitative estimate of drug-likeness (QED) is 0.755. The molecule has 0 aliphatic heterocycles. The molecule has 2 N–H and O–H groups in total. The minimum Gasteiger partial charge on any atom is -0.507 e. The van der Waals surface area contributed by atoms with E-state index in [0.717, 1.165) is 6.07 Å². The van der Waals surface area contributed by atoms with Gasteiger partial charge in [-0.25, -0.2) is 0 Å². The van der Waals surface area contributed by atoms with E-state index in [1.165, 1.54) is 6.07 Å². The molecule has 2 nitrogen and oxygen atoms in total. The van der Waals surface area contributed by atoms with Crippen molar-refractivity contribution in [3.8, 4) is 11.5 Å². The molecule has 1 rings (SSSR count). The molecule has 0 saturated carbocycles. The number of halogens is 4. The molecule has 1 aromatic carbocycles. The van der Waals surface area contributed by atoms with Crippen molar-refractivity contribution in [1.82, 2.24) is 0 Å². The maximum atomic E-state index is 11.9. The van der Waals surface area contributed by atoms with Gasteiger partial charge in [0.15, 0.2) is 0 Å². The maximum Gasteiger partial charge on any atom is 1.00 e. The van der Waals surface area contributed by atoms with Crippen molar-refractivity contribution >= 4 is 24.7 Å². The number of phenolic OH excluding ortho intramolecular Hbond substituents is 2. The molecule has 0 atom stereocenters. The Bertz CT molecular complexity index is 409. The Morgan fingerprint density at radius 3 is 2.25 bits per heavy atom. The van der Waals surface area contributed by atoms with Crippen LogP contribution in [0.5, 0.6) is 11.5 Å². The molecular formula is C8H6BClF3KO2. The summed E-state index contributed by atoms with van der Waals surface area (Å²) in [6.45, 7) is -5.11. The predicted octanol–water partition coefficient (Wildman–Crippen LogP) is 0.155. The monoisotopic (exact) mass is 276 g/mol. The van der Waals surface area contributed by atoms with Crippen LogP contribution in [0.4, 0.5) is 12.9 Å². The van der Waals surface area contributed by atoms with Crippen LogP contribution in [-0.4, -0.2) is 17.2 Å². The number of hydrogen-bond donors (Lipinski definition) is 2. The van der Waals surface area contributed by atoms with Crippen molar-refractivity contribution in [1.29, 1.82) is 0 Å². The van der Waals surface area contributed by atoms with E-state index in [1.807, 2.05) is 0 Å². The Labute approximate surface area is 138 Å². The molecule has 16 heavy (non-hydrogen) atoms. The summed E-state index contributed by atoms with van der Waals surface area (Å²) in [5.74, 6) is -1.08. The third-order valence-electron chi connectivity index (χ3n) is 1.63. The molecule has 82 valence electrons. The molecule has 0 heterocycles. The van der Waals surface area contributed by atoms with Gasteiger partial charge >= 0.3 is 58.4 Å². The molecule has 0 fully saturated rings. The van der Waals surface area contributed by atoms with Crippen LogP contribution in [0.2, 0.25) is 5.02 Å². The first kappa shape index (κ1) is 16.3. The summed E-state index contributed by atoms with van der Waals surface area (Å²) in [5, 5.41) is 18.3. The van der Waals surface area contributed by atoms with Crippen LogP contribution < -0.4 is 51.4 Å². The van der Waals surface area contributed by atoms with Gasteiger partial charge in [-0.1, -0.05) is 17.7 Å². The first-order valence-electron chi connectivity index (χ1n) is 3.91. The summed E-state index contributed by atoms with van der Waals surface area (Å²) < 4.78 is 35.7. The molecule has 0 aliphatic carbocycles. The Balaban J connectivity index is 0.00000225. The van der Waals surface area contributed by atoms with Gasteiger partial charge in [-0.05, 0) is 12.1 Å². The van der Waals surface area contributed by atoms with Crippen molar-refractivity contribution in [3.63, 3.8) is 0 Å². The van der Waals surface area contributed by atoms with Crippen molar-refractivity contribution in [3.05, 3.63) is 28.7 Å². The van der Waals surface area contributed by atoms with Gasteiger partial charge < -0.3 is 23.2 Å². The largest absolute Gasteiger partial charge is 1.00 e. The zero-order valence-corrected chi connectivity index (χ0v) is 12.2. The van der Waals surface area contributed by atoms with Crippen LogP contribution in [0.25, 0.3) is 6.08 Å². The van der Waals surface area contributed by atoms with Gasteiger partial charge in [0, 0.05) is 0 Å². The smallest absolute Gasteiger partial charge is 0.507 e. The average molecular weight is 276 g/mol. The molecule has 0 saturated heterocycles. The number of aromatic hydroxyl groups is 2. The maximum absolute atomic E-state index is 11.9. The SMILES string of the molecule is Oc1ccc(Cl)c(O)c1/C=C/[B-](F)(F)F.[K+]. The number of hydrogen-bond acceptors (Lipinski definition) is 2. The molecular weight excluding hydrogens is 270 g/mol. The Morgan fingerprint density at radius 1 is 1.19 bits per heavy atom. The van der Waals surface area contributed by atoms with Gasteiger partial charge in [0.25, 0.3) is 0 Å². The van der Waals surface area contributed by atoms with E-state index in [1.54, 1.807) is 0 Å². The van der Waals surface area contributed by atoms with Gasteiger partial charge in [-0.15, -0.1) is 5.98 Å². The Morgan fingerprint density at radius 2 is 1.75 bits per heavy atom. The average Bonchev–Trinajstić information content (AvgIpc) is 2.10. The fourth-order valence-corrected chi connectivity index (χ4v) is 1.11. The van der Waals surface area contributed by atoms with Crippen LogP contribution >= 0.6 is 11.6 Å². The topological polar surface area (TPSA) is 40.5 Å². The van der Waals surface area contributed by atoms with Crippen molar-refractivity contribution in [2.75, 3.05) is 0 Å². The molecule has 0 radical (unpaired) electrons. The van der Waals surface area contributed by atoms with E-state index in [2.05, 4.69) is 0 Å². The zero-order chi connectivity index (χ0) is 11.6. The summed E-state index contributed by atoms with van der Waals surface area (Å²) in [7, 11) is 0. The van der Waals surface area contributed by atoms with Crippen LogP contribution in [0.1, 0.15) is 5.56 Å². The molecule has 0 aliphatic rings. The minimum atomic E-state index is -5.11. The van der Waals surface area contributed by atoms with Gasteiger partial charge in [-0.2, -0.15) is 0 Å². The zero-order valence-electron chi connectivity index (χ0n) is 8.29. The summed E-state index contributed by atoms with van der Waals surface area (Å²) in [6, 6.07) is 2.29. The van der Waals surface area contributed by atoms with Gasteiger partial charge in [0.05, 0.1) is 10.6 Å². The second kappa shape index (κ2) is 6.32. The Hall–Kier alpha value is 0.341. The van der Waals surface area contributed by atoms with Gasteiger partial charge in [0.1, 0.15) is 11.5 Å². The molecule has 0 spiro atoms. The summed E-state index contributed by atoms with van der Waals surface area (Å²) in [5.41, 5.74) is -0.346. The van der Waals surface area contributed by atoms with Crippen LogP contribution in [0, 0.1) is 0 Å². The predicted molar refractivity (Wildman–Crippen MR) is 52.9 cm³/mol. The molecule has 0 aromatic heterocycles. The van der Waals surface area contributed by atoms with Gasteiger partial charge in [0.2, 0.25) is 0 Å². The third kappa shape index (κ3) is 4.69. The molecule has 8 heteroatoms. The number of benzene rings is 1. The van der Waals surface area contributed by atoms with E-state index < -0.39 is 18.5 Å². The van der Waals surface area contributed by atoms with Crippen LogP contribution in [0.15, 0.2) is 18.1 Å². The molecule has 0 unspecified atom stereocenters. The normalized spacial score (nSPS) is 11.5. The first-order chi connectivity index (χ1) is 6.81. The Kier molecular flexibility index (Phi) is 6.46. The van der Waals surface area contributed by atoms with Crippen molar-refractivity contribution < 1.29 is 74.5 Å².